The summed E-state index contributed by atoms with van der Waals surface area (Å²) in [6.07, 6.45) is 1.38. The van der Waals surface area contributed by atoms with Crippen LogP contribution in [0.4, 0.5) is 0 Å². The van der Waals surface area contributed by atoms with Gasteiger partial charge in [0, 0.05) is 13.2 Å². The quantitative estimate of drug-likeness (QED) is 0.713. The van der Waals surface area contributed by atoms with E-state index in [-0.39, 0.29) is 11.1 Å². The summed E-state index contributed by atoms with van der Waals surface area (Å²) >= 11 is 0. The van der Waals surface area contributed by atoms with Gasteiger partial charge in [-0.2, -0.15) is 5.10 Å². The number of rotatable bonds is 5. The van der Waals surface area contributed by atoms with Crippen LogP contribution >= 0.6 is 0 Å². The van der Waals surface area contributed by atoms with E-state index in [0.29, 0.717) is 6.61 Å². The maximum Gasteiger partial charge on any atom is 0.257 e. The van der Waals surface area contributed by atoms with Gasteiger partial charge in [0.05, 0.1) is 12.8 Å². The lowest BCUT2D eigenvalue weighted by molar-refractivity contribution is 0.180. The number of sulfonamides is 1. The maximum atomic E-state index is 11.5. The molecule has 1 rings (SSSR count). The Bertz CT molecular complexity index is 360. The highest BCUT2D eigenvalue weighted by Crippen LogP contribution is 2.03. The second kappa shape index (κ2) is 4.54. The molecule has 0 bridgehead atoms. The monoisotopic (exact) mass is 219 g/mol. The molecule has 0 spiro atoms. The van der Waals surface area contributed by atoms with Crippen molar-refractivity contribution in [1.82, 2.24) is 14.9 Å². The fraction of sp³-hybridized carbons (Fsp3) is 0.571. The molecule has 6 nitrogen and oxygen atoms in total. The Morgan fingerprint density at radius 1 is 1.71 bits per heavy atom. The molecule has 0 saturated heterocycles. The summed E-state index contributed by atoms with van der Waals surface area (Å²) in [4.78, 5) is 0. The first-order valence-electron chi connectivity index (χ1n) is 4.07. The van der Waals surface area contributed by atoms with Crippen molar-refractivity contribution in [3.05, 3.63) is 12.3 Å². The molecule has 0 fully saturated rings. The fourth-order valence-corrected chi connectivity index (χ4v) is 2.14. The molecule has 2 N–H and O–H groups in total. The topological polar surface area (TPSA) is 84.1 Å². The third kappa shape index (κ3) is 2.79. The third-order valence-electron chi connectivity index (χ3n) is 1.54. The minimum absolute atomic E-state index is 0.0560. The van der Waals surface area contributed by atoms with Crippen molar-refractivity contribution >= 4 is 10.0 Å². The lowest BCUT2D eigenvalue weighted by Crippen LogP contribution is -2.35. The normalized spacial score (nSPS) is 14.1. The highest BCUT2D eigenvalue weighted by Gasteiger charge is 2.17. The van der Waals surface area contributed by atoms with Gasteiger partial charge in [-0.1, -0.05) is 0 Å². The van der Waals surface area contributed by atoms with Gasteiger partial charge in [0.25, 0.3) is 10.0 Å². The fourth-order valence-electron chi connectivity index (χ4n) is 1.01. The Labute approximate surface area is 82.7 Å². The largest absolute Gasteiger partial charge is 0.383 e. The maximum absolute atomic E-state index is 11.5. The number of methoxy groups -OCH3 is 1. The van der Waals surface area contributed by atoms with Gasteiger partial charge in [0.2, 0.25) is 0 Å². The zero-order valence-corrected chi connectivity index (χ0v) is 8.84. The van der Waals surface area contributed by atoms with Crippen LogP contribution in [0.25, 0.3) is 0 Å². The standard InChI is InChI=1S/C7H13N3O3S/c1-6(5-13-2)10-14(11,12)7-3-4-8-9-7/h3-4,6,10H,5H2,1-2H3,(H,8,9). The molecule has 0 aliphatic carbocycles. The van der Waals surface area contributed by atoms with Crippen LogP contribution in [0.2, 0.25) is 0 Å². The summed E-state index contributed by atoms with van der Waals surface area (Å²) in [6.45, 7) is 2.05. The van der Waals surface area contributed by atoms with Gasteiger partial charge in [-0.3, -0.25) is 5.10 Å². The molecule has 1 aromatic heterocycles. The number of hydrogen-bond donors (Lipinski definition) is 2. The van der Waals surface area contributed by atoms with Gasteiger partial charge in [0.15, 0.2) is 5.03 Å². The molecular formula is C7H13N3O3S. The Kier molecular flexibility index (Phi) is 3.62. The zero-order valence-electron chi connectivity index (χ0n) is 8.02. The molecule has 0 amide bonds. The molecule has 1 heterocycles. The molecule has 0 aromatic carbocycles. The van der Waals surface area contributed by atoms with Crippen molar-refractivity contribution < 1.29 is 13.2 Å². The number of nitrogens with zero attached hydrogens (tertiary/aromatic N) is 1. The molecule has 14 heavy (non-hydrogen) atoms. The van der Waals surface area contributed by atoms with Crippen molar-refractivity contribution in [3.8, 4) is 0 Å². The van der Waals surface area contributed by atoms with Gasteiger partial charge < -0.3 is 4.74 Å². The Hall–Kier alpha value is -0.920. The molecule has 1 unspecified atom stereocenters. The summed E-state index contributed by atoms with van der Waals surface area (Å²) in [5.41, 5.74) is 0. The van der Waals surface area contributed by atoms with Crippen LogP contribution in [-0.2, 0) is 14.8 Å². The molecule has 0 aliphatic heterocycles. The van der Waals surface area contributed by atoms with E-state index in [0.717, 1.165) is 0 Å². The predicted octanol–water partition coefficient (Wildman–Crippen LogP) is -0.277. The lowest BCUT2D eigenvalue weighted by Gasteiger charge is -2.11. The average molecular weight is 219 g/mol. The van der Waals surface area contributed by atoms with Crippen molar-refractivity contribution in [3.63, 3.8) is 0 Å². The molecule has 0 aliphatic rings. The Balaban J connectivity index is 2.68. The van der Waals surface area contributed by atoms with Gasteiger partial charge >= 0.3 is 0 Å². The van der Waals surface area contributed by atoms with Crippen LogP contribution in [0.5, 0.6) is 0 Å². The Morgan fingerprint density at radius 2 is 2.43 bits per heavy atom. The van der Waals surface area contributed by atoms with E-state index in [1.54, 1.807) is 6.92 Å². The molecular weight excluding hydrogens is 206 g/mol. The van der Waals surface area contributed by atoms with Gasteiger partial charge in [-0.15, -0.1) is 0 Å². The van der Waals surface area contributed by atoms with Crippen molar-refractivity contribution in [2.24, 2.45) is 0 Å². The number of nitrogens with one attached hydrogen (secondary N) is 2. The summed E-state index contributed by atoms with van der Waals surface area (Å²) < 4.78 is 30.3. The van der Waals surface area contributed by atoms with Crippen LogP contribution in [0.15, 0.2) is 17.3 Å². The van der Waals surface area contributed by atoms with Crippen molar-refractivity contribution in [1.29, 1.82) is 0 Å². The van der Waals surface area contributed by atoms with E-state index in [1.807, 2.05) is 0 Å². The molecule has 80 valence electrons. The van der Waals surface area contributed by atoms with E-state index in [9.17, 15) is 8.42 Å². The number of ether oxygens (including phenoxy) is 1. The minimum Gasteiger partial charge on any atom is -0.383 e. The van der Waals surface area contributed by atoms with Crippen LogP contribution in [0.3, 0.4) is 0 Å². The number of aromatic nitrogens is 2. The van der Waals surface area contributed by atoms with E-state index in [2.05, 4.69) is 14.9 Å². The first-order chi connectivity index (χ1) is 6.56. The summed E-state index contributed by atoms with van der Waals surface area (Å²) in [5, 5.41) is 6.01. The Morgan fingerprint density at radius 3 is 2.93 bits per heavy atom. The van der Waals surface area contributed by atoms with E-state index in [1.165, 1.54) is 19.4 Å². The molecule has 1 atom stereocenters. The van der Waals surface area contributed by atoms with E-state index < -0.39 is 10.0 Å². The minimum atomic E-state index is -3.49. The van der Waals surface area contributed by atoms with Crippen LogP contribution in [0, 0.1) is 0 Å². The van der Waals surface area contributed by atoms with Crippen LogP contribution < -0.4 is 4.72 Å². The average Bonchev–Trinajstić information content (AvgIpc) is 2.54. The highest BCUT2D eigenvalue weighted by molar-refractivity contribution is 7.89. The molecule has 0 radical (unpaired) electrons. The molecule has 7 heteroatoms. The van der Waals surface area contributed by atoms with Gasteiger partial charge in [-0.25, -0.2) is 13.1 Å². The lowest BCUT2D eigenvalue weighted by atomic mass is 10.4. The number of aromatic amines is 1. The highest BCUT2D eigenvalue weighted by atomic mass is 32.2. The van der Waals surface area contributed by atoms with E-state index in [4.69, 9.17) is 4.74 Å². The first-order valence-corrected chi connectivity index (χ1v) is 5.55. The summed E-state index contributed by atoms with van der Waals surface area (Å²) in [7, 11) is -1.97. The van der Waals surface area contributed by atoms with Crippen molar-refractivity contribution in [2.75, 3.05) is 13.7 Å². The third-order valence-corrected chi connectivity index (χ3v) is 3.06. The molecule has 0 saturated carbocycles. The number of H-pyrrole nitrogens is 1. The van der Waals surface area contributed by atoms with Gasteiger partial charge in [0.1, 0.15) is 0 Å². The van der Waals surface area contributed by atoms with Crippen LogP contribution in [-0.4, -0.2) is 38.4 Å². The summed E-state index contributed by atoms with van der Waals surface area (Å²) in [6, 6.07) is 1.12. The van der Waals surface area contributed by atoms with Crippen LogP contribution in [0.1, 0.15) is 6.92 Å². The first kappa shape index (κ1) is 11.2. The second-order valence-electron chi connectivity index (χ2n) is 2.90. The smallest absolute Gasteiger partial charge is 0.257 e. The predicted molar refractivity (Wildman–Crippen MR) is 50.2 cm³/mol. The van der Waals surface area contributed by atoms with Gasteiger partial charge in [-0.05, 0) is 13.0 Å². The SMILES string of the molecule is COCC(C)NS(=O)(=O)c1ccn[nH]1. The molecule has 1 aromatic rings. The second-order valence-corrected chi connectivity index (χ2v) is 4.58. The summed E-state index contributed by atoms with van der Waals surface area (Å²) in [5.74, 6) is 0. The van der Waals surface area contributed by atoms with Crippen molar-refractivity contribution in [2.45, 2.75) is 18.0 Å². The number of hydrogen-bond acceptors (Lipinski definition) is 4. The zero-order chi connectivity index (χ0) is 10.6. The van der Waals surface area contributed by atoms with E-state index >= 15 is 0 Å².